The number of amides is 1. The predicted molar refractivity (Wildman–Crippen MR) is 96.6 cm³/mol. The molecule has 3 aromatic rings. The van der Waals surface area contributed by atoms with Crippen LogP contribution in [0.2, 0.25) is 0 Å². The lowest BCUT2D eigenvalue weighted by Gasteiger charge is -2.08. The average molecular weight is 319 g/mol. The standard InChI is InChI=1S/C20H21N3O/c1-14-4-8-18(9-5-14)21-20(24)13-17-6-10-19(11-7-17)23-16(3)12-15(2)22-23/h4-12H,13H2,1-3H3,(H,21,24). The van der Waals surface area contributed by atoms with E-state index in [2.05, 4.69) is 10.4 Å². The van der Waals surface area contributed by atoms with Crippen LogP contribution in [0.25, 0.3) is 5.69 Å². The number of anilines is 1. The molecule has 0 bridgehead atoms. The van der Waals surface area contributed by atoms with E-state index in [-0.39, 0.29) is 5.91 Å². The molecule has 4 nitrogen and oxygen atoms in total. The highest BCUT2D eigenvalue weighted by Crippen LogP contribution is 2.14. The van der Waals surface area contributed by atoms with Gasteiger partial charge >= 0.3 is 0 Å². The first-order valence-electron chi connectivity index (χ1n) is 8.00. The fourth-order valence-corrected chi connectivity index (χ4v) is 2.67. The molecule has 0 atom stereocenters. The Morgan fingerprint density at radius 1 is 1.00 bits per heavy atom. The van der Waals surface area contributed by atoms with Crippen molar-refractivity contribution in [1.29, 1.82) is 0 Å². The van der Waals surface area contributed by atoms with Crippen LogP contribution >= 0.6 is 0 Å². The first kappa shape index (κ1) is 16.0. The summed E-state index contributed by atoms with van der Waals surface area (Å²) in [5, 5.41) is 7.39. The molecule has 3 rings (SSSR count). The Hall–Kier alpha value is -2.88. The number of aromatic nitrogens is 2. The van der Waals surface area contributed by atoms with Gasteiger partial charge in [0.1, 0.15) is 0 Å². The summed E-state index contributed by atoms with van der Waals surface area (Å²) in [5.74, 6) is -0.0160. The van der Waals surface area contributed by atoms with E-state index in [9.17, 15) is 4.79 Å². The molecule has 0 fully saturated rings. The Bertz CT molecular complexity index is 846. The second-order valence-electron chi connectivity index (χ2n) is 6.10. The van der Waals surface area contributed by atoms with E-state index in [1.165, 1.54) is 5.56 Å². The van der Waals surface area contributed by atoms with Crippen molar-refractivity contribution in [2.45, 2.75) is 27.2 Å². The van der Waals surface area contributed by atoms with Crippen molar-refractivity contribution in [3.05, 3.63) is 77.1 Å². The summed E-state index contributed by atoms with van der Waals surface area (Å²) in [6.45, 7) is 6.03. The Kier molecular flexibility index (Phi) is 4.47. The summed E-state index contributed by atoms with van der Waals surface area (Å²) >= 11 is 0. The van der Waals surface area contributed by atoms with Gasteiger partial charge in [-0.1, -0.05) is 29.8 Å². The van der Waals surface area contributed by atoms with Gasteiger partial charge in [0.2, 0.25) is 5.91 Å². The predicted octanol–water partition coefficient (Wildman–Crippen LogP) is 3.98. The zero-order chi connectivity index (χ0) is 17.1. The molecule has 24 heavy (non-hydrogen) atoms. The van der Waals surface area contributed by atoms with Crippen molar-refractivity contribution >= 4 is 11.6 Å². The van der Waals surface area contributed by atoms with Crippen molar-refractivity contribution in [2.24, 2.45) is 0 Å². The van der Waals surface area contributed by atoms with E-state index in [1.54, 1.807) is 0 Å². The van der Waals surface area contributed by atoms with Gasteiger partial charge in [-0.15, -0.1) is 0 Å². The van der Waals surface area contributed by atoms with E-state index >= 15 is 0 Å². The minimum atomic E-state index is -0.0160. The smallest absolute Gasteiger partial charge is 0.228 e. The number of nitrogens with zero attached hydrogens (tertiary/aromatic N) is 2. The minimum Gasteiger partial charge on any atom is -0.326 e. The maximum Gasteiger partial charge on any atom is 0.228 e. The molecule has 0 spiro atoms. The number of carbonyl (C=O) groups is 1. The third kappa shape index (κ3) is 3.71. The van der Waals surface area contributed by atoms with Crippen LogP contribution in [0.5, 0.6) is 0 Å². The molecule has 1 N–H and O–H groups in total. The zero-order valence-corrected chi connectivity index (χ0v) is 14.2. The monoisotopic (exact) mass is 319 g/mol. The number of aryl methyl sites for hydroxylation is 3. The number of benzene rings is 2. The molecule has 1 heterocycles. The molecule has 0 aliphatic heterocycles. The van der Waals surface area contributed by atoms with Crippen molar-refractivity contribution in [3.63, 3.8) is 0 Å². The van der Waals surface area contributed by atoms with Gasteiger partial charge in [-0.25, -0.2) is 4.68 Å². The summed E-state index contributed by atoms with van der Waals surface area (Å²) in [6, 6.07) is 17.8. The number of hydrogen-bond donors (Lipinski definition) is 1. The average Bonchev–Trinajstić information content (AvgIpc) is 2.89. The summed E-state index contributed by atoms with van der Waals surface area (Å²) in [6.07, 6.45) is 0.352. The topological polar surface area (TPSA) is 46.9 Å². The lowest BCUT2D eigenvalue weighted by Crippen LogP contribution is -2.14. The van der Waals surface area contributed by atoms with Crippen LogP contribution in [0.3, 0.4) is 0 Å². The third-order valence-corrected chi connectivity index (χ3v) is 3.89. The van der Waals surface area contributed by atoms with Crippen molar-refractivity contribution < 1.29 is 4.79 Å². The molecular formula is C20H21N3O. The van der Waals surface area contributed by atoms with E-state index in [1.807, 2.05) is 80.1 Å². The van der Waals surface area contributed by atoms with E-state index in [4.69, 9.17) is 0 Å². The lowest BCUT2D eigenvalue weighted by molar-refractivity contribution is -0.115. The molecule has 122 valence electrons. The molecule has 0 saturated carbocycles. The molecule has 0 radical (unpaired) electrons. The van der Waals surface area contributed by atoms with Crippen LogP contribution in [0.4, 0.5) is 5.69 Å². The first-order valence-corrected chi connectivity index (χ1v) is 8.00. The van der Waals surface area contributed by atoms with Crippen molar-refractivity contribution in [1.82, 2.24) is 9.78 Å². The second kappa shape index (κ2) is 6.71. The Morgan fingerprint density at radius 3 is 2.25 bits per heavy atom. The number of carbonyl (C=O) groups excluding carboxylic acids is 1. The summed E-state index contributed by atoms with van der Waals surface area (Å²) in [5.41, 5.74) is 6.07. The van der Waals surface area contributed by atoms with Crippen LogP contribution in [-0.4, -0.2) is 15.7 Å². The summed E-state index contributed by atoms with van der Waals surface area (Å²) in [7, 11) is 0. The van der Waals surface area contributed by atoms with Gasteiger partial charge in [-0.3, -0.25) is 4.79 Å². The van der Waals surface area contributed by atoms with Crippen LogP contribution in [0, 0.1) is 20.8 Å². The Labute approximate surface area is 142 Å². The molecular weight excluding hydrogens is 298 g/mol. The summed E-state index contributed by atoms with van der Waals surface area (Å²) < 4.78 is 1.91. The largest absolute Gasteiger partial charge is 0.326 e. The fraction of sp³-hybridized carbons (Fsp3) is 0.200. The first-order chi connectivity index (χ1) is 11.5. The quantitative estimate of drug-likeness (QED) is 0.790. The van der Waals surface area contributed by atoms with Crippen LogP contribution < -0.4 is 5.32 Å². The van der Waals surface area contributed by atoms with E-state index in [0.717, 1.165) is 28.3 Å². The Balaban J connectivity index is 1.66. The Morgan fingerprint density at radius 2 is 1.67 bits per heavy atom. The fourth-order valence-electron chi connectivity index (χ4n) is 2.67. The lowest BCUT2D eigenvalue weighted by atomic mass is 10.1. The van der Waals surface area contributed by atoms with Crippen molar-refractivity contribution in [2.75, 3.05) is 5.32 Å². The van der Waals surface area contributed by atoms with Gasteiger partial charge in [-0.2, -0.15) is 5.10 Å². The van der Waals surface area contributed by atoms with Crippen LogP contribution in [-0.2, 0) is 11.2 Å². The van der Waals surface area contributed by atoms with Crippen molar-refractivity contribution in [3.8, 4) is 5.69 Å². The van der Waals surface area contributed by atoms with Crippen LogP contribution in [0.15, 0.2) is 54.6 Å². The number of hydrogen-bond acceptors (Lipinski definition) is 2. The highest BCUT2D eigenvalue weighted by atomic mass is 16.1. The second-order valence-corrected chi connectivity index (χ2v) is 6.10. The SMILES string of the molecule is Cc1ccc(NC(=O)Cc2ccc(-n3nc(C)cc3C)cc2)cc1. The normalized spacial score (nSPS) is 10.6. The van der Waals surface area contributed by atoms with Gasteiger partial charge in [-0.05, 0) is 56.7 Å². The van der Waals surface area contributed by atoms with Gasteiger partial charge < -0.3 is 5.32 Å². The molecule has 1 amide bonds. The van der Waals surface area contributed by atoms with Gasteiger partial charge in [0.05, 0.1) is 17.8 Å². The van der Waals surface area contributed by atoms with E-state index in [0.29, 0.717) is 6.42 Å². The molecule has 0 aliphatic rings. The number of rotatable bonds is 4. The van der Waals surface area contributed by atoms with Gasteiger partial charge in [0.25, 0.3) is 0 Å². The molecule has 4 heteroatoms. The van der Waals surface area contributed by atoms with Crippen LogP contribution in [0.1, 0.15) is 22.5 Å². The summed E-state index contributed by atoms with van der Waals surface area (Å²) in [4.78, 5) is 12.2. The molecule has 0 saturated heterocycles. The van der Waals surface area contributed by atoms with Gasteiger partial charge in [0.15, 0.2) is 0 Å². The molecule has 0 aliphatic carbocycles. The minimum absolute atomic E-state index is 0.0160. The molecule has 0 unspecified atom stereocenters. The maximum atomic E-state index is 12.2. The van der Waals surface area contributed by atoms with Gasteiger partial charge in [0, 0.05) is 11.4 Å². The van der Waals surface area contributed by atoms with E-state index < -0.39 is 0 Å². The zero-order valence-electron chi connectivity index (χ0n) is 14.2. The highest BCUT2D eigenvalue weighted by molar-refractivity contribution is 5.92. The molecule has 1 aromatic heterocycles. The third-order valence-electron chi connectivity index (χ3n) is 3.89. The highest BCUT2D eigenvalue weighted by Gasteiger charge is 2.06. The number of nitrogens with one attached hydrogen (secondary N) is 1. The molecule has 2 aromatic carbocycles. The maximum absolute atomic E-state index is 12.2.